The van der Waals surface area contributed by atoms with Crippen molar-refractivity contribution in [3.63, 3.8) is 0 Å². The fraction of sp³-hybridized carbons (Fsp3) is 0.250. The number of nitrogens with one attached hydrogen (secondary N) is 2. The number of carbonyl (C=O) groups is 2. The van der Waals surface area contributed by atoms with E-state index in [0.29, 0.717) is 17.4 Å². The fourth-order valence-corrected chi connectivity index (χ4v) is 3.55. The van der Waals surface area contributed by atoms with Crippen LogP contribution in [0.2, 0.25) is 0 Å². The molecular formula is C16H16N4O3S2. The predicted octanol–water partition coefficient (Wildman–Crippen LogP) is 3.26. The van der Waals surface area contributed by atoms with Crippen molar-refractivity contribution in [2.24, 2.45) is 0 Å². The zero-order valence-corrected chi connectivity index (χ0v) is 15.3. The van der Waals surface area contributed by atoms with Gasteiger partial charge in [-0.2, -0.15) is 0 Å². The summed E-state index contributed by atoms with van der Waals surface area (Å²) in [5, 5.41) is 6.07. The quantitative estimate of drug-likeness (QED) is 0.644. The van der Waals surface area contributed by atoms with Crippen LogP contribution < -0.4 is 5.32 Å². The number of amides is 1. The molecule has 0 radical (unpaired) electrons. The van der Waals surface area contributed by atoms with Crippen LogP contribution in [0.5, 0.6) is 0 Å². The molecule has 9 heteroatoms. The summed E-state index contributed by atoms with van der Waals surface area (Å²) in [6, 6.07) is 1.75. The Labute approximate surface area is 152 Å². The maximum absolute atomic E-state index is 12.3. The van der Waals surface area contributed by atoms with Crippen LogP contribution in [0.4, 0.5) is 5.13 Å². The smallest absolute Gasteiger partial charge is 0.311 e. The van der Waals surface area contributed by atoms with Gasteiger partial charge in [0.1, 0.15) is 5.69 Å². The average Bonchev–Trinajstić information content (AvgIpc) is 3.28. The third kappa shape index (κ3) is 4.31. The molecule has 1 amide bonds. The van der Waals surface area contributed by atoms with Gasteiger partial charge in [0.25, 0.3) is 5.91 Å². The van der Waals surface area contributed by atoms with Crippen molar-refractivity contribution in [3.05, 3.63) is 39.4 Å². The SMILES string of the molecule is CCOC(=O)Cc1cnc(NC(=O)c2cc(-c3csc(C)n3)c[nH]2)s1. The summed E-state index contributed by atoms with van der Waals surface area (Å²) in [5.74, 6) is -0.605. The minimum Gasteiger partial charge on any atom is -0.466 e. The molecular weight excluding hydrogens is 360 g/mol. The monoisotopic (exact) mass is 376 g/mol. The van der Waals surface area contributed by atoms with Gasteiger partial charge in [-0.25, -0.2) is 9.97 Å². The molecule has 0 saturated heterocycles. The highest BCUT2D eigenvalue weighted by atomic mass is 32.1. The summed E-state index contributed by atoms with van der Waals surface area (Å²) in [5.41, 5.74) is 2.11. The van der Waals surface area contributed by atoms with Crippen molar-refractivity contribution < 1.29 is 14.3 Å². The molecule has 3 aromatic heterocycles. The number of hydrogen-bond acceptors (Lipinski definition) is 7. The molecule has 0 atom stereocenters. The van der Waals surface area contributed by atoms with E-state index >= 15 is 0 Å². The van der Waals surface area contributed by atoms with E-state index in [-0.39, 0.29) is 18.3 Å². The van der Waals surface area contributed by atoms with Crippen LogP contribution in [-0.2, 0) is 16.0 Å². The van der Waals surface area contributed by atoms with Crippen LogP contribution in [0, 0.1) is 6.92 Å². The van der Waals surface area contributed by atoms with Crippen LogP contribution in [0.3, 0.4) is 0 Å². The van der Waals surface area contributed by atoms with Crippen molar-refractivity contribution in [2.75, 3.05) is 11.9 Å². The number of carbonyl (C=O) groups excluding carboxylic acids is 2. The lowest BCUT2D eigenvalue weighted by Crippen LogP contribution is -2.11. The van der Waals surface area contributed by atoms with Gasteiger partial charge in [-0.1, -0.05) is 0 Å². The van der Waals surface area contributed by atoms with Gasteiger partial charge in [-0.15, -0.1) is 22.7 Å². The van der Waals surface area contributed by atoms with Crippen LogP contribution in [0.25, 0.3) is 11.3 Å². The lowest BCUT2D eigenvalue weighted by molar-refractivity contribution is -0.142. The Hall–Kier alpha value is -2.52. The second kappa shape index (κ2) is 7.58. The number of thiazole rings is 2. The molecule has 0 aromatic carbocycles. The second-order valence-corrected chi connectivity index (χ2v) is 7.30. The number of aromatic amines is 1. The molecule has 0 saturated carbocycles. The molecule has 3 aromatic rings. The van der Waals surface area contributed by atoms with Gasteiger partial charge in [0.05, 0.1) is 23.7 Å². The van der Waals surface area contributed by atoms with Gasteiger partial charge in [0.2, 0.25) is 0 Å². The first-order valence-corrected chi connectivity index (χ1v) is 9.27. The maximum Gasteiger partial charge on any atom is 0.311 e. The molecule has 25 heavy (non-hydrogen) atoms. The normalized spacial score (nSPS) is 10.6. The zero-order valence-electron chi connectivity index (χ0n) is 13.7. The lowest BCUT2D eigenvalue weighted by Gasteiger charge is -1.99. The van der Waals surface area contributed by atoms with Crippen molar-refractivity contribution in [1.29, 1.82) is 0 Å². The van der Waals surface area contributed by atoms with E-state index in [1.165, 1.54) is 11.3 Å². The predicted molar refractivity (Wildman–Crippen MR) is 97.0 cm³/mol. The third-order valence-corrected chi connectivity index (χ3v) is 4.93. The molecule has 3 heterocycles. The number of aryl methyl sites for hydroxylation is 1. The first-order chi connectivity index (χ1) is 12.0. The summed E-state index contributed by atoms with van der Waals surface area (Å²) in [4.78, 5) is 36.0. The molecule has 0 aliphatic heterocycles. The Kier molecular flexibility index (Phi) is 5.25. The van der Waals surface area contributed by atoms with Gasteiger partial charge in [-0.05, 0) is 19.9 Å². The van der Waals surface area contributed by atoms with Crippen LogP contribution in [0.1, 0.15) is 27.3 Å². The molecule has 0 unspecified atom stereocenters. The molecule has 0 aliphatic carbocycles. The van der Waals surface area contributed by atoms with E-state index in [2.05, 4.69) is 20.3 Å². The van der Waals surface area contributed by atoms with E-state index in [1.54, 1.807) is 36.7 Å². The summed E-state index contributed by atoms with van der Waals surface area (Å²) in [7, 11) is 0. The Morgan fingerprint density at radius 1 is 1.40 bits per heavy atom. The maximum atomic E-state index is 12.3. The summed E-state index contributed by atoms with van der Waals surface area (Å²) < 4.78 is 4.89. The molecule has 0 spiro atoms. The average molecular weight is 376 g/mol. The second-order valence-electron chi connectivity index (χ2n) is 5.12. The summed E-state index contributed by atoms with van der Waals surface area (Å²) in [6.45, 7) is 4.04. The number of aromatic nitrogens is 3. The van der Waals surface area contributed by atoms with Gasteiger partial charge < -0.3 is 9.72 Å². The van der Waals surface area contributed by atoms with E-state index in [1.807, 2.05) is 12.3 Å². The van der Waals surface area contributed by atoms with Gasteiger partial charge in [0, 0.05) is 28.2 Å². The van der Waals surface area contributed by atoms with E-state index in [9.17, 15) is 9.59 Å². The standard InChI is InChI=1S/C16H16N4O3S2/c1-3-23-14(21)5-11-7-18-16(25-11)20-15(22)12-4-10(6-17-12)13-8-24-9(2)19-13/h4,6-8,17H,3,5H2,1-2H3,(H,18,20,22). The van der Waals surface area contributed by atoms with E-state index < -0.39 is 0 Å². The minimum absolute atomic E-state index is 0.150. The molecule has 0 bridgehead atoms. The minimum atomic E-state index is -0.309. The topological polar surface area (TPSA) is 97.0 Å². The number of hydrogen-bond donors (Lipinski definition) is 2. The molecule has 3 rings (SSSR count). The number of esters is 1. The van der Waals surface area contributed by atoms with Gasteiger partial charge >= 0.3 is 5.97 Å². The molecule has 0 fully saturated rings. The molecule has 0 aliphatic rings. The number of H-pyrrole nitrogens is 1. The lowest BCUT2D eigenvalue weighted by atomic mass is 10.2. The van der Waals surface area contributed by atoms with E-state index in [4.69, 9.17) is 4.74 Å². The zero-order chi connectivity index (χ0) is 17.8. The van der Waals surface area contributed by atoms with Crippen LogP contribution in [-0.4, -0.2) is 33.4 Å². The number of nitrogens with zero attached hydrogens (tertiary/aromatic N) is 2. The highest BCUT2D eigenvalue weighted by Crippen LogP contribution is 2.23. The Morgan fingerprint density at radius 2 is 2.24 bits per heavy atom. The van der Waals surface area contributed by atoms with Gasteiger partial charge in [-0.3, -0.25) is 14.9 Å². The Bertz CT molecular complexity index is 897. The number of ether oxygens (including phenoxy) is 1. The molecule has 2 N–H and O–H groups in total. The van der Waals surface area contributed by atoms with Crippen molar-refractivity contribution in [2.45, 2.75) is 20.3 Å². The Balaban J connectivity index is 1.64. The van der Waals surface area contributed by atoms with Crippen LogP contribution in [0.15, 0.2) is 23.8 Å². The Morgan fingerprint density at radius 3 is 2.96 bits per heavy atom. The summed E-state index contributed by atoms with van der Waals surface area (Å²) in [6.07, 6.45) is 3.46. The summed E-state index contributed by atoms with van der Waals surface area (Å²) >= 11 is 2.81. The first kappa shape index (κ1) is 17.3. The van der Waals surface area contributed by atoms with E-state index in [0.717, 1.165) is 21.1 Å². The molecule has 7 nitrogen and oxygen atoms in total. The number of rotatable bonds is 6. The van der Waals surface area contributed by atoms with Crippen LogP contribution >= 0.6 is 22.7 Å². The number of anilines is 1. The van der Waals surface area contributed by atoms with Crippen molar-refractivity contribution in [3.8, 4) is 11.3 Å². The first-order valence-electron chi connectivity index (χ1n) is 7.57. The van der Waals surface area contributed by atoms with Crippen molar-refractivity contribution in [1.82, 2.24) is 15.0 Å². The fourth-order valence-electron chi connectivity index (χ4n) is 2.14. The highest BCUT2D eigenvalue weighted by molar-refractivity contribution is 7.15. The van der Waals surface area contributed by atoms with Crippen molar-refractivity contribution >= 4 is 39.7 Å². The largest absolute Gasteiger partial charge is 0.466 e. The third-order valence-electron chi connectivity index (χ3n) is 3.24. The molecule has 130 valence electrons. The highest BCUT2D eigenvalue weighted by Gasteiger charge is 2.14. The van der Waals surface area contributed by atoms with Gasteiger partial charge in [0.15, 0.2) is 5.13 Å².